The summed E-state index contributed by atoms with van der Waals surface area (Å²) in [5, 5.41) is 46.8. The molecule has 2 fully saturated rings. The van der Waals surface area contributed by atoms with Gasteiger partial charge in [0.2, 0.25) is 5.89 Å². The van der Waals surface area contributed by atoms with Gasteiger partial charge in [-0.1, -0.05) is 24.3 Å². The highest BCUT2D eigenvalue weighted by atomic mass is 16.5. The van der Waals surface area contributed by atoms with Gasteiger partial charge in [-0.25, -0.2) is 9.97 Å². The molecule has 3 N–H and O–H groups in total. The zero-order valence-corrected chi connectivity index (χ0v) is 29.5. The number of aromatic nitrogens is 3. The molecule has 0 unspecified atom stereocenters. The van der Waals surface area contributed by atoms with Gasteiger partial charge in [0.25, 0.3) is 0 Å². The van der Waals surface area contributed by atoms with E-state index in [1.807, 2.05) is 49.4 Å². The van der Waals surface area contributed by atoms with Gasteiger partial charge in [-0.15, -0.1) is 0 Å². The highest BCUT2D eigenvalue weighted by Gasteiger charge is 2.31. The standard InChI is InChI=1S/C41H39N7O5/c1-24-32(5-3-7-34(24)40-46-36-17-26(15-30(18-42)38(36)53-40)20-47-13-10-29(21-47)41(50)51)33-6-4-8-35(25(33)2)45-39-37-28(9-12-43-39)16-27(19-44-37)22-48(52)14-11-31(49)23-48/h3-9,12,15-17,19,29,31,49H,10-11,13-14,20-23H2,1-2H3,(H,43,45)(H,50,51)/t29-,31-,48+/m1/s1. The highest BCUT2D eigenvalue weighted by molar-refractivity contribution is 5.91. The van der Waals surface area contributed by atoms with Crippen LogP contribution in [-0.4, -0.2) is 73.0 Å². The van der Waals surface area contributed by atoms with Gasteiger partial charge in [-0.05, 0) is 91.0 Å². The first-order valence-corrected chi connectivity index (χ1v) is 17.8. The fourth-order valence-corrected chi connectivity index (χ4v) is 7.88. The number of nitriles is 1. The molecule has 0 bridgehead atoms. The fraction of sp³-hybridized carbons (Fsp3) is 0.293. The molecule has 53 heavy (non-hydrogen) atoms. The molecule has 5 heterocycles. The Morgan fingerprint density at radius 1 is 1.06 bits per heavy atom. The van der Waals surface area contributed by atoms with Crippen LogP contribution in [0, 0.1) is 36.3 Å². The molecule has 3 aromatic carbocycles. The van der Waals surface area contributed by atoms with Crippen LogP contribution in [0.5, 0.6) is 0 Å². The minimum absolute atomic E-state index is 0.203. The molecular formula is C41H39N7O5. The SMILES string of the molecule is Cc1c(Nc2nccc3cc(C[N@@+]4([O-])CC[C@@H](O)C4)cnc23)cccc1-c1cccc(-c2nc3cc(CN4CC[C@@H](C(=O)O)C4)cc(C#N)c3o2)c1C. The van der Waals surface area contributed by atoms with Gasteiger partial charge >= 0.3 is 5.97 Å². The van der Waals surface area contributed by atoms with Gasteiger partial charge in [-0.3, -0.25) is 14.7 Å². The second-order valence-electron chi connectivity index (χ2n) is 14.4. The van der Waals surface area contributed by atoms with Crippen molar-refractivity contribution in [2.75, 3.05) is 31.5 Å². The molecule has 2 aliphatic heterocycles. The lowest BCUT2D eigenvalue weighted by Gasteiger charge is -2.38. The largest absolute Gasteiger partial charge is 0.632 e. The molecule has 268 valence electrons. The number of pyridine rings is 2. The third-order valence-corrected chi connectivity index (χ3v) is 10.7. The molecule has 2 aliphatic rings. The zero-order valence-electron chi connectivity index (χ0n) is 29.5. The molecule has 3 atom stereocenters. The van der Waals surface area contributed by atoms with E-state index < -0.39 is 16.7 Å². The summed E-state index contributed by atoms with van der Waals surface area (Å²) in [5.74, 6) is -0.124. The van der Waals surface area contributed by atoms with Crippen LogP contribution in [0.15, 0.2) is 77.5 Å². The molecule has 6 aromatic rings. The van der Waals surface area contributed by atoms with E-state index in [1.165, 1.54) is 0 Å². The van der Waals surface area contributed by atoms with E-state index in [4.69, 9.17) is 14.4 Å². The molecule has 0 amide bonds. The van der Waals surface area contributed by atoms with Crippen LogP contribution in [0.25, 0.3) is 44.6 Å². The van der Waals surface area contributed by atoms with Crippen molar-refractivity contribution in [1.29, 1.82) is 5.26 Å². The quantitative estimate of drug-likeness (QED) is 0.106. The number of carboxylic acids is 1. The number of hydrogen-bond donors (Lipinski definition) is 3. The molecule has 8 rings (SSSR count). The summed E-state index contributed by atoms with van der Waals surface area (Å²) in [5.41, 5.74) is 9.50. The van der Waals surface area contributed by atoms with E-state index in [1.54, 1.807) is 18.5 Å². The van der Waals surface area contributed by atoms with Crippen molar-refractivity contribution in [3.05, 3.63) is 106 Å². The molecule has 3 aromatic heterocycles. The first-order chi connectivity index (χ1) is 25.6. The number of aliphatic hydroxyl groups is 1. The van der Waals surface area contributed by atoms with Crippen LogP contribution in [0.2, 0.25) is 0 Å². The Labute approximate surface area is 306 Å². The van der Waals surface area contributed by atoms with E-state index >= 15 is 0 Å². The predicted molar refractivity (Wildman–Crippen MR) is 201 cm³/mol. The van der Waals surface area contributed by atoms with Gasteiger partial charge < -0.3 is 29.8 Å². The van der Waals surface area contributed by atoms with Crippen molar-refractivity contribution in [2.24, 2.45) is 5.92 Å². The number of quaternary nitrogens is 1. The molecule has 0 aliphatic carbocycles. The highest BCUT2D eigenvalue weighted by Crippen LogP contribution is 2.38. The van der Waals surface area contributed by atoms with Gasteiger partial charge in [-0.2, -0.15) is 5.26 Å². The first kappa shape index (κ1) is 34.4. The lowest BCUT2D eigenvalue weighted by Crippen LogP contribution is -2.39. The molecule has 0 radical (unpaired) electrons. The second-order valence-corrected chi connectivity index (χ2v) is 14.4. The molecule has 12 heteroatoms. The summed E-state index contributed by atoms with van der Waals surface area (Å²) in [4.78, 5) is 27.7. The summed E-state index contributed by atoms with van der Waals surface area (Å²) in [7, 11) is 0. The van der Waals surface area contributed by atoms with Gasteiger partial charge in [0.05, 0.1) is 18.0 Å². The number of anilines is 2. The van der Waals surface area contributed by atoms with Crippen LogP contribution in [0.3, 0.4) is 0 Å². The lowest BCUT2D eigenvalue weighted by molar-refractivity contribution is -0.883. The third-order valence-electron chi connectivity index (χ3n) is 10.7. The zero-order chi connectivity index (χ0) is 36.9. The van der Waals surface area contributed by atoms with Gasteiger partial charge in [0.15, 0.2) is 11.4 Å². The second kappa shape index (κ2) is 13.7. The Hall–Kier alpha value is -5.71. The van der Waals surface area contributed by atoms with Crippen LogP contribution < -0.4 is 5.32 Å². The Balaban J connectivity index is 1.07. The normalized spacial score (nSPS) is 20.3. The summed E-state index contributed by atoms with van der Waals surface area (Å²) in [6, 6.07) is 21.9. The summed E-state index contributed by atoms with van der Waals surface area (Å²) >= 11 is 0. The van der Waals surface area contributed by atoms with Crippen molar-refractivity contribution >= 4 is 39.5 Å². The third kappa shape index (κ3) is 6.71. The number of aliphatic carboxylic acids is 1. The first-order valence-electron chi connectivity index (χ1n) is 17.8. The van der Waals surface area contributed by atoms with Crippen molar-refractivity contribution in [3.63, 3.8) is 0 Å². The lowest BCUT2D eigenvalue weighted by atomic mass is 9.93. The number of aliphatic hydroxyl groups excluding tert-OH is 1. The molecule has 0 spiro atoms. The molecular weight excluding hydrogens is 670 g/mol. The topological polar surface area (TPSA) is 171 Å². The maximum Gasteiger partial charge on any atom is 0.307 e. The minimum atomic E-state index is -0.774. The number of oxazole rings is 1. The van der Waals surface area contributed by atoms with E-state index in [-0.39, 0.29) is 19.0 Å². The number of likely N-dealkylation sites (tertiary alicyclic amines) is 2. The van der Waals surface area contributed by atoms with Crippen molar-refractivity contribution < 1.29 is 24.1 Å². The number of nitrogens with one attached hydrogen (secondary N) is 1. The van der Waals surface area contributed by atoms with E-state index in [0.717, 1.165) is 50.0 Å². The van der Waals surface area contributed by atoms with Crippen molar-refractivity contribution in [3.8, 4) is 28.7 Å². The number of fused-ring (bicyclic) bond motifs is 2. The van der Waals surface area contributed by atoms with Gasteiger partial charge in [0.1, 0.15) is 36.3 Å². The number of carbonyl (C=O) groups is 1. The Morgan fingerprint density at radius 3 is 2.60 bits per heavy atom. The van der Waals surface area contributed by atoms with Crippen LogP contribution in [-0.2, 0) is 17.9 Å². The maximum atomic E-state index is 13.1. The Morgan fingerprint density at radius 2 is 1.85 bits per heavy atom. The Bertz CT molecular complexity index is 2440. The van der Waals surface area contributed by atoms with Crippen molar-refractivity contribution in [1.82, 2.24) is 19.9 Å². The Kier molecular flexibility index (Phi) is 8.88. The number of hydrogen-bond acceptors (Lipinski definition) is 10. The number of benzene rings is 3. The number of carboxylic acid groups (broad SMARTS) is 1. The number of hydroxylamine groups is 3. The average Bonchev–Trinajstić information content (AvgIpc) is 3.87. The van der Waals surface area contributed by atoms with Gasteiger partial charge in [0, 0.05) is 54.1 Å². The number of rotatable bonds is 9. The summed E-state index contributed by atoms with van der Waals surface area (Å²) < 4.78 is 5.83. The smallest absolute Gasteiger partial charge is 0.307 e. The predicted octanol–water partition coefficient (Wildman–Crippen LogP) is 6.82. The molecule has 0 saturated carbocycles. The monoisotopic (exact) mass is 709 g/mol. The van der Waals surface area contributed by atoms with Crippen LogP contribution in [0.4, 0.5) is 11.5 Å². The number of nitrogens with zero attached hydrogens (tertiary/aromatic N) is 6. The minimum Gasteiger partial charge on any atom is -0.632 e. The average molecular weight is 710 g/mol. The van der Waals surface area contributed by atoms with E-state index in [0.29, 0.717) is 72.9 Å². The molecule has 2 saturated heterocycles. The van der Waals surface area contributed by atoms with Crippen molar-refractivity contribution in [2.45, 2.75) is 45.9 Å². The van der Waals surface area contributed by atoms with E-state index in [2.05, 4.69) is 40.3 Å². The summed E-state index contributed by atoms with van der Waals surface area (Å²) in [6.07, 6.45) is 4.03. The van der Waals surface area contributed by atoms with Crippen LogP contribution in [0.1, 0.15) is 40.7 Å². The molecule has 12 nitrogen and oxygen atoms in total. The fourth-order valence-electron chi connectivity index (χ4n) is 7.88. The van der Waals surface area contributed by atoms with Crippen LogP contribution >= 0.6 is 0 Å². The maximum absolute atomic E-state index is 13.1. The summed E-state index contributed by atoms with van der Waals surface area (Å²) in [6.45, 7) is 6.67. The van der Waals surface area contributed by atoms with E-state index in [9.17, 15) is 25.5 Å².